The molecule has 2 rings (SSSR count). The van der Waals surface area contributed by atoms with Crippen LogP contribution in [0.3, 0.4) is 0 Å². The molecule has 6 heteroatoms. The molecule has 2 aromatic rings. The Balaban J connectivity index is 2.28. The lowest BCUT2D eigenvalue weighted by atomic mass is 10.2. The first kappa shape index (κ1) is 10.8. The lowest BCUT2D eigenvalue weighted by Gasteiger charge is -2.11. The van der Waals surface area contributed by atoms with Crippen molar-refractivity contribution in [3.8, 4) is 0 Å². The number of nitrogens with two attached hydrogens (primary N) is 1. The van der Waals surface area contributed by atoms with Gasteiger partial charge in [0.1, 0.15) is 11.8 Å². The number of hydrogen-bond donors (Lipinski definition) is 2. The highest BCUT2D eigenvalue weighted by Crippen LogP contribution is 2.15. The summed E-state index contributed by atoms with van der Waals surface area (Å²) in [4.78, 5) is 12.3. The fraction of sp³-hybridized carbons (Fsp3) is 0.500. The van der Waals surface area contributed by atoms with Crippen molar-refractivity contribution in [1.82, 2.24) is 24.8 Å². The van der Waals surface area contributed by atoms with Crippen molar-refractivity contribution < 1.29 is 0 Å². The molecule has 16 heavy (non-hydrogen) atoms. The molecule has 0 aliphatic carbocycles. The molecule has 0 aliphatic rings. The van der Waals surface area contributed by atoms with Gasteiger partial charge in [0.2, 0.25) is 0 Å². The summed E-state index contributed by atoms with van der Waals surface area (Å²) >= 11 is 0. The van der Waals surface area contributed by atoms with Crippen LogP contribution in [0.2, 0.25) is 0 Å². The summed E-state index contributed by atoms with van der Waals surface area (Å²) in [6, 6.07) is 0. The zero-order chi connectivity index (χ0) is 11.5. The molecule has 0 saturated carbocycles. The van der Waals surface area contributed by atoms with E-state index in [9.17, 15) is 0 Å². The summed E-state index contributed by atoms with van der Waals surface area (Å²) in [6.07, 6.45) is 3.24. The minimum absolute atomic E-state index is 0.435. The van der Waals surface area contributed by atoms with Crippen LogP contribution in [0, 0.1) is 5.92 Å². The Morgan fingerprint density at radius 3 is 3.00 bits per heavy atom. The van der Waals surface area contributed by atoms with Gasteiger partial charge < -0.3 is 15.6 Å². The molecular formula is C10H16N6. The first-order valence-corrected chi connectivity index (χ1v) is 5.28. The summed E-state index contributed by atoms with van der Waals surface area (Å²) in [7, 11) is 1.95. The third-order valence-corrected chi connectivity index (χ3v) is 2.49. The average Bonchev–Trinajstić information content (AvgIpc) is 2.64. The Hall–Kier alpha value is -1.69. The van der Waals surface area contributed by atoms with Crippen molar-refractivity contribution in [2.24, 2.45) is 5.92 Å². The minimum Gasteiger partial charge on any atom is -0.382 e. The van der Waals surface area contributed by atoms with Crippen molar-refractivity contribution in [2.75, 3.05) is 19.3 Å². The molecular weight excluding hydrogens is 204 g/mol. The number of aromatic nitrogens is 4. The van der Waals surface area contributed by atoms with E-state index < -0.39 is 0 Å². The maximum absolute atomic E-state index is 5.72. The molecule has 0 amide bonds. The summed E-state index contributed by atoms with van der Waals surface area (Å²) in [6.45, 7) is 4.00. The number of rotatable bonds is 4. The maximum Gasteiger partial charge on any atom is 0.165 e. The second kappa shape index (κ2) is 4.44. The molecule has 0 fully saturated rings. The van der Waals surface area contributed by atoms with E-state index in [1.54, 1.807) is 6.33 Å². The highest BCUT2D eigenvalue weighted by atomic mass is 15.1. The van der Waals surface area contributed by atoms with Gasteiger partial charge in [-0.3, -0.25) is 0 Å². The first-order chi connectivity index (χ1) is 7.72. The average molecular weight is 220 g/mol. The fourth-order valence-electron chi connectivity index (χ4n) is 1.78. The summed E-state index contributed by atoms with van der Waals surface area (Å²) in [5.74, 6) is 0.948. The van der Waals surface area contributed by atoms with Gasteiger partial charge >= 0.3 is 0 Å². The van der Waals surface area contributed by atoms with E-state index in [2.05, 4.69) is 27.2 Å². The molecule has 0 radical (unpaired) electrons. The molecule has 2 heterocycles. The van der Waals surface area contributed by atoms with Gasteiger partial charge in [-0.1, -0.05) is 6.92 Å². The van der Waals surface area contributed by atoms with Crippen LogP contribution in [0.15, 0.2) is 12.7 Å². The maximum atomic E-state index is 5.72. The molecule has 1 atom stereocenters. The van der Waals surface area contributed by atoms with Gasteiger partial charge in [-0.05, 0) is 19.5 Å². The largest absolute Gasteiger partial charge is 0.382 e. The van der Waals surface area contributed by atoms with E-state index in [1.165, 1.54) is 6.33 Å². The second-order valence-corrected chi connectivity index (χ2v) is 3.99. The van der Waals surface area contributed by atoms with Gasteiger partial charge in [0.25, 0.3) is 0 Å². The molecule has 0 saturated heterocycles. The minimum atomic E-state index is 0.435. The van der Waals surface area contributed by atoms with Gasteiger partial charge in [-0.15, -0.1) is 0 Å². The Labute approximate surface area is 93.9 Å². The summed E-state index contributed by atoms with van der Waals surface area (Å²) in [5.41, 5.74) is 7.20. The van der Waals surface area contributed by atoms with Crippen LogP contribution in [0.25, 0.3) is 11.2 Å². The molecule has 3 N–H and O–H groups in total. The highest BCUT2D eigenvalue weighted by molar-refractivity contribution is 5.80. The second-order valence-electron chi connectivity index (χ2n) is 3.99. The van der Waals surface area contributed by atoms with E-state index in [0.29, 0.717) is 17.3 Å². The number of hydrogen-bond acceptors (Lipinski definition) is 5. The normalized spacial score (nSPS) is 13.1. The number of nitrogens with one attached hydrogen (secondary N) is 1. The van der Waals surface area contributed by atoms with Crippen LogP contribution in [0.5, 0.6) is 0 Å². The number of fused-ring (bicyclic) bond motifs is 1. The Morgan fingerprint density at radius 1 is 1.44 bits per heavy atom. The topological polar surface area (TPSA) is 81.7 Å². The van der Waals surface area contributed by atoms with Crippen molar-refractivity contribution in [3.63, 3.8) is 0 Å². The molecule has 0 bridgehead atoms. The quantitative estimate of drug-likeness (QED) is 0.772. The van der Waals surface area contributed by atoms with Crippen LogP contribution in [-0.2, 0) is 6.54 Å². The van der Waals surface area contributed by atoms with E-state index in [1.807, 2.05) is 11.6 Å². The molecule has 2 aromatic heterocycles. The van der Waals surface area contributed by atoms with Gasteiger partial charge in [-0.25, -0.2) is 15.0 Å². The van der Waals surface area contributed by atoms with E-state index in [4.69, 9.17) is 5.73 Å². The number of nitrogen functional groups attached to an aromatic ring is 1. The van der Waals surface area contributed by atoms with Gasteiger partial charge in [0.05, 0.1) is 6.33 Å². The van der Waals surface area contributed by atoms with Gasteiger partial charge in [0.15, 0.2) is 11.5 Å². The molecule has 0 spiro atoms. The predicted octanol–water partition coefficient (Wildman–Crippen LogP) is 0.264. The van der Waals surface area contributed by atoms with E-state index in [-0.39, 0.29) is 0 Å². The van der Waals surface area contributed by atoms with Crippen LogP contribution in [0.4, 0.5) is 5.82 Å². The van der Waals surface area contributed by atoms with Crippen molar-refractivity contribution in [2.45, 2.75) is 13.5 Å². The monoisotopic (exact) mass is 220 g/mol. The Kier molecular flexibility index (Phi) is 3.00. The van der Waals surface area contributed by atoms with Gasteiger partial charge in [-0.2, -0.15) is 0 Å². The Morgan fingerprint density at radius 2 is 2.25 bits per heavy atom. The van der Waals surface area contributed by atoms with Crippen molar-refractivity contribution >= 4 is 17.0 Å². The molecule has 86 valence electrons. The van der Waals surface area contributed by atoms with Crippen LogP contribution in [0.1, 0.15) is 6.92 Å². The number of anilines is 1. The number of nitrogens with zero attached hydrogens (tertiary/aromatic N) is 4. The van der Waals surface area contributed by atoms with Crippen LogP contribution < -0.4 is 11.1 Å². The van der Waals surface area contributed by atoms with E-state index >= 15 is 0 Å². The molecule has 6 nitrogen and oxygen atoms in total. The van der Waals surface area contributed by atoms with E-state index in [0.717, 1.165) is 18.7 Å². The lowest BCUT2D eigenvalue weighted by molar-refractivity contribution is 0.467. The lowest BCUT2D eigenvalue weighted by Crippen LogP contribution is -2.20. The molecule has 0 aromatic carbocycles. The van der Waals surface area contributed by atoms with Crippen LogP contribution >= 0.6 is 0 Å². The highest BCUT2D eigenvalue weighted by Gasteiger charge is 2.09. The van der Waals surface area contributed by atoms with Crippen molar-refractivity contribution in [3.05, 3.63) is 12.7 Å². The standard InChI is InChI=1S/C10H16N6/c1-7(3-12-2)4-16-6-15-8-9(11)13-5-14-10(8)16/h5-7,12H,3-4H2,1-2H3,(H2,11,13,14). The van der Waals surface area contributed by atoms with Crippen LogP contribution in [-0.4, -0.2) is 33.1 Å². The summed E-state index contributed by atoms with van der Waals surface area (Å²) < 4.78 is 2.01. The third-order valence-electron chi connectivity index (χ3n) is 2.49. The Bertz CT molecular complexity index is 477. The SMILES string of the molecule is CNCC(C)Cn1cnc2c(N)ncnc21. The third kappa shape index (κ3) is 1.96. The van der Waals surface area contributed by atoms with Gasteiger partial charge in [0, 0.05) is 6.54 Å². The molecule has 1 unspecified atom stereocenters. The number of imidazole rings is 1. The van der Waals surface area contributed by atoms with Crippen molar-refractivity contribution in [1.29, 1.82) is 0 Å². The zero-order valence-corrected chi connectivity index (χ0v) is 9.51. The molecule has 0 aliphatic heterocycles. The smallest absolute Gasteiger partial charge is 0.165 e. The predicted molar refractivity (Wildman–Crippen MR) is 62.8 cm³/mol. The zero-order valence-electron chi connectivity index (χ0n) is 9.51. The fourth-order valence-corrected chi connectivity index (χ4v) is 1.78. The first-order valence-electron chi connectivity index (χ1n) is 5.28. The summed E-state index contributed by atoms with van der Waals surface area (Å²) in [5, 5.41) is 3.15.